The standard InChI is InChI=1S/C16H20BrNO3/c1-2-12(8-11-4-3-5-14(17)9-11)15(19)18-7-6-13(10-18)16(20)21/h3-5,9,12-13H,2,6-8,10H2,1H3,(H,20,21)/t12-,13+/m0/s1. The maximum absolute atomic E-state index is 12.6. The maximum Gasteiger partial charge on any atom is 0.308 e. The van der Waals surface area contributed by atoms with Gasteiger partial charge < -0.3 is 10.0 Å². The Labute approximate surface area is 133 Å². The van der Waals surface area contributed by atoms with Crippen molar-refractivity contribution >= 4 is 27.8 Å². The van der Waals surface area contributed by atoms with Crippen molar-refractivity contribution in [2.45, 2.75) is 26.2 Å². The van der Waals surface area contributed by atoms with Crippen LogP contribution < -0.4 is 0 Å². The Morgan fingerprint density at radius 2 is 2.24 bits per heavy atom. The number of aliphatic carboxylic acids is 1. The van der Waals surface area contributed by atoms with E-state index in [0.29, 0.717) is 25.9 Å². The Hall–Kier alpha value is -1.36. The van der Waals surface area contributed by atoms with Gasteiger partial charge in [-0.15, -0.1) is 0 Å². The third-order valence-corrected chi connectivity index (χ3v) is 4.56. The molecule has 0 bridgehead atoms. The molecular weight excluding hydrogens is 334 g/mol. The number of hydrogen-bond acceptors (Lipinski definition) is 2. The number of carbonyl (C=O) groups is 2. The van der Waals surface area contributed by atoms with Crippen LogP contribution in [0.1, 0.15) is 25.3 Å². The van der Waals surface area contributed by atoms with Crippen LogP contribution in [0.15, 0.2) is 28.7 Å². The van der Waals surface area contributed by atoms with Gasteiger partial charge >= 0.3 is 5.97 Å². The number of carbonyl (C=O) groups excluding carboxylic acids is 1. The van der Waals surface area contributed by atoms with Gasteiger partial charge in [-0.05, 0) is 37.0 Å². The normalized spacial score (nSPS) is 19.5. The molecule has 5 heteroatoms. The van der Waals surface area contributed by atoms with E-state index in [4.69, 9.17) is 5.11 Å². The number of halogens is 1. The molecule has 0 saturated carbocycles. The van der Waals surface area contributed by atoms with Gasteiger partial charge in [-0.2, -0.15) is 0 Å². The molecular formula is C16H20BrNO3. The summed E-state index contributed by atoms with van der Waals surface area (Å²) in [6.45, 7) is 2.92. The molecule has 114 valence electrons. The summed E-state index contributed by atoms with van der Waals surface area (Å²) in [7, 11) is 0. The summed E-state index contributed by atoms with van der Waals surface area (Å²) >= 11 is 3.44. The number of rotatable bonds is 5. The van der Waals surface area contributed by atoms with Crippen molar-refractivity contribution in [2.75, 3.05) is 13.1 Å². The molecule has 0 unspecified atom stereocenters. The van der Waals surface area contributed by atoms with Crippen molar-refractivity contribution in [3.05, 3.63) is 34.3 Å². The van der Waals surface area contributed by atoms with E-state index < -0.39 is 11.9 Å². The van der Waals surface area contributed by atoms with Crippen LogP contribution in [0.5, 0.6) is 0 Å². The van der Waals surface area contributed by atoms with Crippen LogP contribution >= 0.6 is 15.9 Å². The Morgan fingerprint density at radius 3 is 2.81 bits per heavy atom. The zero-order valence-corrected chi connectivity index (χ0v) is 13.7. The molecule has 1 aromatic carbocycles. The summed E-state index contributed by atoms with van der Waals surface area (Å²) in [6.07, 6.45) is 2.02. The lowest BCUT2D eigenvalue weighted by molar-refractivity contribution is -0.141. The van der Waals surface area contributed by atoms with Gasteiger partial charge in [-0.3, -0.25) is 9.59 Å². The predicted octanol–water partition coefficient (Wildman–Crippen LogP) is 2.95. The molecule has 21 heavy (non-hydrogen) atoms. The van der Waals surface area contributed by atoms with E-state index in [0.717, 1.165) is 16.5 Å². The Morgan fingerprint density at radius 1 is 1.48 bits per heavy atom. The first kappa shape index (κ1) is 16.0. The zero-order valence-electron chi connectivity index (χ0n) is 12.1. The molecule has 1 heterocycles. The number of carboxylic acids is 1. The first-order valence-corrected chi connectivity index (χ1v) is 8.06. The fourth-order valence-electron chi connectivity index (χ4n) is 2.77. The number of nitrogens with zero attached hydrogens (tertiary/aromatic N) is 1. The van der Waals surface area contributed by atoms with Crippen LogP contribution in [0.3, 0.4) is 0 Å². The van der Waals surface area contributed by atoms with Crippen molar-refractivity contribution in [1.29, 1.82) is 0 Å². The highest BCUT2D eigenvalue weighted by Crippen LogP contribution is 2.23. The summed E-state index contributed by atoms with van der Waals surface area (Å²) in [5, 5.41) is 9.03. The minimum absolute atomic E-state index is 0.0770. The van der Waals surface area contributed by atoms with E-state index in [9.17, 15) is 9.59 Å². The third-order valence-electron chi connectivity index (χ3n) is 4.06. The van der Waals surface area contributed by atoms with Gasteiger partial charge in [0.05, 0.1) is 5.92 Å². The molecule has 1 aromatic rings. The predicted molar refractivity (Wildman–Crippen MR) is 83.9 cm³/mol. The minimum atomic E-state index is -0.801. The number of carboxylic acid groups (broad SMARTS) is 1. The van der Waals surface area contributed by atoms with E-state index in [2.05, 4.69) is 15.9 Å². The zero-order chi connectivity index (χ0) is 15.4. The molecule has 2 atom stereocenters. The monoisotopic (exact) mass is 353 g/mol. The highest BCUT2D eigenvalue weighted by Gasteiger charge is 2.33. The summed E-state index contributed by atoms with van der Waals surface area (Å²) in [4.78, 5) is 25.3. The molecule has 1 aliphatic rings. The van der Waals surface area contributed by atoms with Gasteiger partial charge in [-0.25, -0.2) is 0 Å². The first-order valence-electron chi connectivity index (χ1n) is 7.27. The fraction of sp³-hybridized carbons (Fsp3) is 0.500. The van der Waals surface area contributed by atoms with E-state index in [1.807, 2.05) is 31.2 Å². The second-order valence-corrected chi connectivity index (χ2v) is 6.46. The van der Waals surface area contributed by atoms with E-state index in [-0.39, 0.29) is 11.8 Å². The molecule has 1 saturated heterocycles. The quantitative estimate of drug-likeness (QED) is 0.885. The van der Waals surface area contributed by atoms with Crippen LogP contribution in [-0.4, -0.2) is 35.0 Å². The Balaban J connectivity index is 2.01. The van der Waals surface area contributed by atoms with E-state index in [1.54, 1.807) is 4.90 Å². The van der Waals surface area contributed by atoms with Crippen LogP contribution in [0.4, 0.5) is 0 Å². The summed E-state index contributed by atoms with van der Waals surface area (Å²) < 4.78 is 1.01. The maximum atomic E-state index is 12.6. The number of amides is 1. The van der Waals surface area contributed by atoms with Crippen LogP contribution in [0, 0.1) is 11.8 Å². The second kappa shape index (κ2) is 7.07. The van der Waals surface area contributed by atoms with Crippen molar-refractivity contribution in [2.24, 2.45) is 11.8 Å². The Bertz CT molecular complexity index is 532. The lowest BCUT2D eigenvalue weighted by atomic mass is 9.95. The molecule has 0 aliphatic carbocycles. The molecule has 0 aromatic heterocycles. The van der Waals surface area contributed by atoms with Crippen molar-refractivity contribution in [3.63, 3.8) is 0 Å². The van der Waals surface area contributed by atoms with Crippen molar-refractivity contribution < 1.29 is 14.7 Å². The minimum Gasteiger partial charge on any atom is -0.481 e. The third kappa shape index (κ3) is 4.06. The van der Waals surface area contributed by atoms with Gasteiger partial charge in [0.15, 0.2) is 0 Å². The molecule has 4 nitrogen and oxygen atoms in total. The SMILES string of the molecule is CC[C@@H](Cc1cccc(Br)c1)C(=O)N1CC[C@@H](C(=O)O)C1. The summed E-state index contributed by atoms with van der Waals surface area (Å²) in [5.41, 5.74) is 1.12. The van der Waals surface area contributed by atoms with E-state index in [1.165, 1.54) is 0 Å². The second-order valence-electron chi connectivity index (χ2n) is 5.55. The van der Waals surface area contributed by atoms with Crippen LogP contribution in [0.2, 0.25) is 0 Å². The summed E-state index contributed by atoms with van der Waals surface area (Å²) in [5.74, 6) is -1.20. The lowest BCUT2D eigenvalue weighted by Crippen LogP contribution is -2.35. The molecule has 1 aliphatic heterocycles. The van der Waals surface area contributed by atoms with Crippen molar-refractivity contribution in [3.8, 4) is 0 Å². The number of hydrogen-bond donors (Lipinski definition) is 1. The lowest BCUT2D eigenvalue weighted by Gasteiger charge is -2.22. The van der Waals surface area contributed by atoms with Gasteiger partial charge in [0.25, 0.3) is 0 Å². The van der Waals surface area contributed by atoms with Gasteiger partial charge in [0.1, 0.15) is 0 Å². The Kier molecular flexibility index (Phi) is 5.39. The molecule has 1 amide bonds. The fourth-order valence-corrected chi connectivity index (χ4v) is 3.22. The highest BCUT2D eigenvalue weighted by atomic mass is 79.9. The molecule has 0 spiro atoms. The summed E-state index contributed by atoms with van der Waals surface area (Å²) in [6, 6.07) is 7.97. The average Bonchev–Trinajstić information content (AvgIpc) is 2.94. The molecule has 2 rings (SSSR count). The van der Waals surface area contributed by atoms with Gasteiger partial charge in [0, 0.05) is 23.5 Å². The van der Waals surface area contributed by atoms with E-state index >= 15 is 0 Å². The average molecular weight is 354 g/mol. The van der Waals surface area contributed by atoms with Crippen molar-refractivity contribution in [1.82, 2.24) is 4.90 Å². The number of likely N-dealkylation sites (tertiary alicyclic amines) is 1. The first-order chi connectivity index (χ1) is 10.0. The smallest absolute Gasteiger partial charge is 0.308 e. The number of benzene rings is 1. The molecule has 1 N–H and O–H groups in total. The van der Waals surface area contributed by atoms with Crippen LogP contribution in [0.25, 0.3) is 0 Å². The topological polar surface area (TPSA) is 57.6 Å². The highest BCUT2D eigenvalue weighted by molar-refractivity contribution is 9.10. The van der Waals surface area contributed by atoms with Crippen LogP contribution in [-0.2, 0) is 16.0 Å². The van der Waals surface area contributed by atoms with Gasteiger partial charge in [0.2, 0.25) is 5.91 Å². The largest absolute Gasteiger partial charge is 0.481 e. The molecule has 0 radical (unpaired) electrons. The van der Waals surface area contributed by atoms with Gasteiger partial charge in [-0.1, -0.05) is 35.0 Å². The molecule has 1 fully saturated rings.